The van der Waals surface area contributed by atoms with E-state index in [1.165, 1.54) is 12.1 Å². The molecule has 1 atom stereocenters. The number of fused-ring (bicyclic) bond motifs is 1. The van der Waals surface area contributed by atoms with Gasteiger partial charge in [0.05, 0.1) is 19.8 Å². The summed E-state index contributed by atoms with van der Waals surface area (Å²) in [5.41, 5.74) is 1.65. The molecule has 1 aliphatic rings. The zero-order valence-electron chi connectivity index (χ0n) is 17.2. The van der Waals surface area contributed by atoms with Gasteiger partial charge in [-0.15, -0.1) is 0 Å². The number of halogens is 1. The Morgan fingerprint density at radius 3 is 2.68 bits per heavy atom. The number of aliphatic imine (C=N–C) groups is 1. The Morgan fingerprint density at radius 1 is 1.25 bits per heavy atom. The molecule has 1 aromatic heterocycles. The Morgan fingerprint density at radius 2 is 2.00 bits per heavy atom. The average Bonchev–Trinajstić information content (AvgIpc) is 3.00. The second-order valence-corrected chi connectivity index (χ2v) is 7.56. The summed E-state index contributed by atoms with van der Waals surface area (Å²) in [7, 11) is 1.76. The van der Waals surface area contributed by atoms with Crippen LogP contribution in [0, 0.1) is 18.7 Å². The Balaban J connectivity index is 1.59. The second kappa shape index (κ2) is 9.39. The summed E-state index contributed by atoms with van der Waals surface area (Å²) in [6.45, 7) is 11.3. The zero-order chi connectivity index (χ0) is 20.1. The molecular weight excluding hydrogens is 359 g/mol. The first-order valence-corrected chi connectivity index (χ1v) is 9.93. The van der Waals surface area contributed by atoms with Gasteiger partial charge in [-0.2, -0.15) is 0 Å². The van der Waals surface area contributed by atoms with Crippen LogP contribution in [-0.2, 0) is 11.3 Å². The molecule has 2 N–H and O–H groups in total. The van der Waals surface area contributed by atoms with Crippen LogP contribution in [0.5, 0.6) is 0 Å². The maximum Gasteiger partial charge on any atom is 0.191 e. The van der Waals surface area contributed by atoms with E-state index in [-0.39, 0.29) is 5.82 Å². The molecule has 1 aliphatic heterocycles. The van der Waals surface area contributed by atoms with Gasteiger partial charge in [0.2, 0.25) is 0 Å². The summed E-state index contributed by atoms with van der Waals surface area (Å²) in [4.78, 5) is 6.81. The lowest BCUT2D eigenvalue weighted by Crippen LogP contribution is -2.52. The number of hydrogen-bond donors (Lipinski definition) is 2. The quantitative estimate of drug-likeness (QED) is 0.587. The van der Waals surface area contributed by atoms with E-state index < -0.39 is 0 Å². The van der Waals surface area contributed by atoms with Crippen LogP contribution >= 0.6 is 0 Å². The SMILES string of the molecule is CN=C(NCc1oc2ccc(F)cc2c1C)NCC(C(C)C)N1CCOCC1. The van der Waals surface area contributed by atoms with Crippen molar-refractivity contribution in [3.63, 3.8) is 0 Å². The van der Waals surface area contributed by atoms with Crippen molar-refractivity contribution in [2.45, 2.75) is 33.4 Å². The number of hydrogen-bond acceptors (Lipinski definition) is 4. The maximum atomic E-state index is 13.5. The minimum absolute atomic E-state index is 0.253. The van der Waals surface area contributed by atoms with E-state index in [0.29, 0.717) is 24.1 Å². The van der Waals surface area contributed by atoms with Crippen molar-refractivity contribution in [1.29, 1.82) is 0 Å². The molecule has 1 fully saturated rings. The normalized spacial score (nSPS) is 17.3. The van der Waals surface area contributed by atoms with Crippen molar-refractivity contribution in [2.75, 3.05) is 39.9 Å². The van der Waals surface area contributed by atoms with Crippen molar-refractivity contribution < 1.29 is 13.5 Å². The first kappa shape index (κ1) is 20.6. The van der Waals surface area contributed by atoms with Crippen molar-refractivity contribution in [1.82, 2.24) is 15.5 Å². The Labute approximate surface area is 166 Å². The molecule has 6 nitrogen and oxygen atoms in total. The van der Waals surface area contributed by atoms with Gasteiger partial charge in [-0.25, -0.2) is 4.39 Å². The van der Waals surface area contributed by atoms with Gasteiger partial charge in [0.15, 0.2) is 5.96 Å². The van der Waals surface area contributed by atoms with Gasteiger partial charge in [-0.1, -0.05) is 13.8 Å². The van der Waals surface area contributed by atoms with Crippen molar-refractivity contribution in [3.05, 3.63) is 35.3 Å². The molecular formula is C21H31FN4O2. The third-order valence-corrected chi connectivity index (χ3v) is 5.40. The number of nitrogens with zero attached hydrogens (tertiary/aromatic N) is 2. The molecule has 3 rings (SSSR count). The van der Waals surface area contributed by atoms with Gasteiger partial charge in [0.1, 0.15) is 17.2 Å². The average molecular weight is 391 g/mol. The Bertz CT molecular complexity index is 812. The zero-order valence-corrected chi connectivity index (χ0v) is 17.2. The number of aryl methyl sites for hydroxylation is 1. The van der Waals surface area contributed by atoms with E-state index in [1.807, 2.05) is 6.92 Å². The molecule has 0 radical (unpaired) electrons. The van der Waals surface area contributed by atoms with Crippen LogP contribution in [0.1, 0.15) is 25.2 Å². The molecule has 0 saturated carbocycles. The predicted octanol–water partition coefficient (Wildman–Crippen LogP) is 2.90. The molecule has 0 bridgehead atoms. The first-order chi connectivity index (χ1) is 13.5. The molecule has 0 spiro atoms. The van der Waals surface area contributed by atoms with E-state index in [9.17, 15) is 4.39 Å². The minimum atomic E-state index is -0.253. The number of furan rings is 1. The fraction of sp³-hybridized carbons (Fsp3) is 0.571. The summed E-state index contributed by atoms with van der Waals surface area (Å²) >= 11 is 0. The van der Waals surface area contributed by atoms with E-state index in [4.69, 9.17) is 9.15 Å². The van der Waals surface area contributed by atoms with E-state index in [2.05, 4.69) is 34.4 Å². The van der Waals surface area contributed by atoms with Gasteiger partial charge in [0.25, 0.3) is 0 Å². The van der Waals surface area contributed by atoms with Gasteiger partial charge in [0, 0.05) is 43.7 Å². The van der Waals surface area contributed by atoms with Gasteiger partial charge in [-0.05, 0) is 31.0 Å². The smallest absolute Gasteiger partial charge is 0.191 e. The minimum Gasteiger partial charge on any atom is -0.459 e. The largest absolute Gasteiger partial charge is 0.459 e. The first-order valence-electron chi connectivity index (χ1n) is 9.93. The molecule has 7 heteroatoms. The molecule has 1 aromatic carbocycles. The highest BCUT2D eigenvalue weighted by atomic mass is 19.1. The molecule has 1 saturated heterocycles. The number of nitrogens with one attached hydrogen (secondary N) is 2. The van der Waals surface area contributed by atoms with Crippen molar-refractivity contribution >= 4 is 16.9 Å². The van der Waals surface area contributed by atoms with E-state index >= 15 is 0 Å². The number of ether oxygens (including phenoxy) is 1. The number of benzene rings is 1. The van der Waals surface area contributed by atoms with Crippen LogP contribution in [0.2, 0.25) is 0 Å². The van der Waals surface area contributed by atoms with Crippen LogP contribution in [-0.4, -0.2) is 56.8 Å². The number of rotatable bonds is 6. The summed E-state index contributed by atoms with van der Waals surface area (Å²) in [5.74, 6) is 1.79. The highest BCUT2D eigenvalue weighted by molar-refractivity contribution is 5.83. The summed E-state index contributed by atoms with van der Waals surface area (Å²) in [6.07, 6.45) is 0. The summed E-state index contributed by atoms with van der Waals surface area (Å²) < 4.78 is 24.8. The summed E-state index contributed by atoms with van der Waals surface area (Å²) in [6, 6.07) is 5.02. The van der Waals surface area contributed by atoms with Crippen LogP contribution in [0.25, 0.3) is 11.0 Å². The fourth-order valence-corrected chi connectivity index (χ4v) is 3.69. The predicted molar refractivity (Wildman–Crippen MR) is 110 cm³/mol. The van der Waals surface area contributed by atoms with Crippen LogP contribution in [0.4, 0.5) is 4.39 Å². The van der Waals surface area contributed by atoms with Crippen LogP contribution < -0.4 is 10.6 Å². The lowest BCUT2D eigenvalue weighted by Gasteiger charge is -2.37. The van der Waals surface area contributed by atoms with E-state index in [0.717, 1.165) is 55.5 Å². The van der Waals surface area contributed by atoms with Gasteiger partial charge < -0.3 is 19.8 Å². The second-order valence-electron chi connectivity index (χ2n) is 7.56. The van der Waals surface area contributed by atoms with Crippen LogP contribution in [0.3, 0.4) is 0 Å². The molecule has 28 heavy (non-hydrogen) atoms. The van der Waals surface area contributed by atoms with E-state index in [1.54, 1.807) is 13.1 Å². The standard InChI is InChI=1S/C21H31FN4O2/c1-14(2)18(26-7-9-27-10-8-26)12-24-21(23-4)25-13-20-15(3)17-11-16(22)5-6-19(17)28-20/h5-6,11,14,18H,7-10,12-13H2,1-4H3,(H2,23,24,25). The summed E-state index contributed by atoms with van der Waals surface area (Å²) in [5, 5.41) is 7.55. The van der Waals surface area contributed by atoms with Crippen LogP contribution in [0.15, 0.2) is 27.6 Å². The van der Waals surface area contributed by atoms with Gasteiger partial charge >= 0.3 is 0 Å². The Kier molecular flexibility index (Phi) is 6.91. The highest BCUT2D eigenvalue weighted by Crippen LogP contribution is 2.25. The molecule has 2 heterocycles. The molecule has 1 unspecified atom stereocenters. The third-order valence-electron chi connectivity index (χ3n) is 5.40. The molecule has 154 valence electrons. The van der Waals surface area contributed by atoms with Gasteiger partial charge in [-0.3, -0.25) is 9.89 Å². The molecule has 0 aliphatic carbocycles. The maximum absolute atomic E-state index is 13.5. The molecule has 0 amide bonds. The lowest BCUT2D eigenvalue weighted by atomic mass is 10.0. The van der Waals surface area contributed by atoms with Crippen molar-refractivity contribution in [3.8, 4) is 0 Å². The van der Waals surface area contributed by atoms with Crippen molar-refractivity contribution in [2.24, 2.45) is 10.9 Å². The number of guanidine groups is 1. The lowest BCUT2D eigenvalue weighted by molar-refractivity contribution is 0.00752. The molecule has 2 aromatic rings. The topological polar surface area (TPSA) is 62.0 Å². The fourth-order valence-electron chi connectivity index (χ4n) is 3.69. The number of morpholine rings is 1. The highest BCUT2D eigenvalue weighted by Gasteiger charge is 2.24. The monoisotopic (exact) mass is 390 g/mol. The Hall–Kier alpha value is -2.12. The third kappa shape index (κ3) is 4.83.